The molecule has 0 radical (unpaired) electrons. The van der Waals surface area contributed by atoms with Crippen molar-refractivity contribution in [1.82, 2.24) is 8.75 Å². The molecule has 0 atom stereocenters. The summed E-state index contributed by atoms with van der Waals surface area (Å²) in [6.07, 6.45) is 0. The monoisotopic (exact) mass is 214 g/mol. The molecule has 5 heteroatoms. The third-order valence-electron chi connectivity index (χ3n) is 1.55. The molecular weight excluding hydrogens is 211 g/mol. The molecule has 0 fully saturated rings. The van der Waals surface area contributed by atoms with E-state index >= 15 is 0 Å². The van der Waals surface area contributed by atoms with E-state index in [1.165, 1.54) is 12.1 Å². The number of benzene rings is 1. The molecule has 2 rings (SSSR count). The van der Waals surface area contributed by atoms with Gasteiger partial charge in [-0.05, 0) is 12.1 Å². The highest BCUT2D eigenvalue weighted by Gasteiger charge is 2.07. The molecule has 0 amide bonds. The molecule has 0 aliphatic carbocycles. The first-order chi connectivity index (χ1) is 6.27. The van der Waals surface area contributed by atoms with Gasteiger partial charge in [-0.3, -0.25) is 0 Å². The summed E-state index contributed by atoms with van der Waals surface area (Å²) in [6.45, 7) is 0. The second-order valence-electron chi connectivity index (χ2n) is 2.41. The molecule has 0 N–H and O–H groups in total. The highest BCUT2D eigenvalue weighted by Crippen LogP contribution is 2.25. The van der Waals surface area contributed by atoms with Crippen LogP contribution in [0.4, 0.5) is 4.39 Å². The number of rotatable bonds is 1. The van der Waals surface area contributed by atoms with Gasteiger partial charge in [-0.1, -0.05) is 23.7 Å². The van der Waals surface area contributed by atoms with Crippen molar-refractivity contribution in [2.75, 3.05) is 0 Å². The minimum atomic E-state index is -0.304. The van der Waals surface area contributed by atoms with Crippen LogP contribution in [0.25, 0.3) is 11.3 Å². The van der Waals surface area contributed by atoms with E-state index in [0.717, 1.165) is 11.7 Å². The molecule has 0 spiro atoms. The minimum absolute atomic E-state index is 0.304. The molecule has 2 nitrogen and oxygen atoms in total. The Hall–Kier alpha value is -1.00. The SMILES string of the molecule is Fc1cccc(-c2nsnc2Cl)c1. The summed E-state index contributed by atoms with van der Waals surface area (Å²) in [5.74, 6) is -0.304. The zero-order chi connectivity index (χ0) is 9.26. The van der Waals surface area contributed by atoms with Crippen molar-refractivity contribution in [1.29, 1.82) is 0 Å². The molecule has 0 unspecified atom stereocenters. The normalized spacial score (nSPS) is 10.3. The van der Waals surface area contributed by atoms with Gasteiger partial charge in [-0.25, -0.2) is 4.39 Å². The van der Waals surface area contributed by atoms with E-state index in [1.54, 1.807) is 12.1 Å². The summed E-state index contributed by atoms with van der Waals surface area (Å²) in [5, 5.41) is 0.315. The van der Waals surface area contributed by atoms with Crippen LogP contribution in [0.3, 0.4) is 0 Å². The van der Waals surface area contributed by atoms with Crippen LogP contribution in [0.15, 0.2) is 24.3 Å². The van der Waals surface area contributed by atoms with Crippen LogP contribution in [0.5, 0.6) is 0 Å². The van der Waals surface area contributed by atoms with E-state index in [9.17, 15) is 4.39 Å². The number of aromatic nitrogens is 2. The Morgan fingerprint density at radius 1 is 1.31 bits per heavy atom. The maximum atomic E-state index is 12.8. The van der Waals surface area contributed by atoms with Gasteiger partial charge >= 0.3 is 0 Å². The maximum absolute atomic E-state index is 12.8. The van der Waals surface area contributed by atoms with Crippen molar-refractivity contribution >= 4 is 23.3 Å². The van der Waals surface area contributed by atoms with Gasteiger partial charge in [-0.2, -0.15) is 8.75 Å². The number of hydrogen-bond donors (Lipinski definition) is 0. The van der Waals surface area contributed by atoms with Gasteiger partial charge in [0, 0.05) is 5.56 Å². The van der Waals surface area contributed by atoms with Crippen LogP contribution in [0, 0.1) is 5.82 Å². The topological polar surface area (TPSA) is 25.8 Å². The molecule has 0 bridgehead atoms. The van der Waals surface area contributed by atoms with Gasteiger partial charge in [0.2, 0.25) is 0 Å². The quantitative estimate of drug-likeness (QED) is 0.729. The van der Waals surface area contributed by atoms with Crippen LogP contribution in [0.1, 0.15) is 0 Å². The van der Waals surface area contributed by atoms with Gasteiger partial charge in [0.15, 0.2) is 5.15 Å². The van der Waals surface area contributed by atoms with E-state index in [4.69, 9.17) is 11.6 Å². The van der Waals surface area contributed by atoms with Gasteiger partial charge < -0.3 is 0 Å². The summed E-state index contributed by atoms with van der Waals surface area (Å²) in [6, 6.07) is 6.10. The molecule has 13 heavy (non-hydrogen) atoms. The van der Waals surface area contributed by atoms with Crippen molar-refractivity contribution in [3.8, 4) is 11.3 Å². The number of hydrogen-bond acceptors (Lipinski definition) is 3. The molecule has 0 aliphatic heterocycles. The number of halogens is 2. The van der Waals surface area contributed by atoms with E-state index < -0.39 is 0 Å². The Morgan fingerprint density at radius 3 is 2.77 bits per heavy atom. The molecular formula is C8H4ClFN2S. The molecule has 0 saturated heterocycles. The predicted octanol–water partition coefficient (Wildman–Crippen LogP) is 3.00. The standard InChI is InChI=1S/C8H4ClFN2S/c9-8-7(11-13-12-8)5-2-1-3-6(10)4-5/h1-4H. The fourth-order valence-electron chi connectivity index (χ4n) is 0.986. The van der Waals surface area contributed by atoms with Gasteiger partial charge in [0.1, 0.15) is 11.5 Å². The van der Waals surface area contributed by atoms with Gasteiger partial charge in [0.05, 0.1) is 11.7 Å². The minimum Gasteiger partial charge on any atom is -0.207 e. The fraction of sp³-hybridized carbons (Fsp3) is 0. The average molecular weight is 215 g/mol. The molecule has 1 aromatic heterocycles. The zero-order valence-corrected chi connectivity index (χ0v) is 7.94. The van der Waals surface area contributed by atoms with E-state index in [0.29, 0.717) is 16.4 Å². The third kappa shape index (κ3) is 1.68. The van der Waals surface area contributed by atoms with Crippen molar-refractivity contribution in [2.45, 2.75) is 0 Å². The smallest absolute Gasteiger partial charge is 0.170 e. The largest absolute Gasteiger partial charge is 0.207 e. The second kappa shape index (κ2) is 3.40. The van der Waals surface area contributed by atoms with E-state index in [-0.39, 0.29) is 5.82 Å². The Bertz CT molecular complexity index is 430. The lowest BCUT2D eigenvalue weighted by molar-refractivity contribution is 0.628. The third-order valence-corrected chi connectivity index (χ3v) is 2.44. The zero-order valence-electron chi connectivity index (χ0n) is 6.37. The first-order valence-electron chi connectivity index (χ1n) is 3.51. The van der Waals surface area contributed by atoms with Crippen LogP contribution in [0.2, 0.25) is 5.15 Å². The van der Waals surface area contributed by atoms with Gasteiger partial charge in [-0.15, -0.1) is 0 Å². The van der Waals surface area contributed by atoms with Crippen LogP contribution >= 0.6 is 23.3 Å². The summed E-state index contributed by atoms with van der Waals surface area (Å²) in [5.41, 5.74) is 1.19. The molecule has 0 aliphatic rings. The van der Waals surface area contributed by atoms with Crippen molar-refractivity contribution in [3.63, 3.8) is 0 Å². The van der Waals surface area contributed by atoms with Gasteiger partial charge in [0.25, 0.3) is 0 Å². The predicted molar refractivity (Wildman–Crippen MR) is 50.3 cm³/mol. The van der Waals surface area contributed by atoms with Crippen LogP contribution in [-0.4, -0.2) is 8.75 Å². The van der Waals surface area contributed by atoms with E-state index in [1.807, 2.05) is 0 Å². The summed E-state index contributed by atoms with van der Waals surface area (Å²) >= 11 is 6.75. The second-order valence-corrected chi connectivity index (χ2v) is 3.30. The van der Waals surface area contributed by atoms with Crippen molar-refractivity contribution in [3.05, 3.63) is 35.2 Å². The van der Waals surface area contributed by atoms with Crippen molar-refractivity contribution in [2.24, 2.45) is 0 Å². The molecule has 1 aromatic carbocycles. The first-order valence-corrected chi connectivity index (χ1v) is 4.62. The van der Waals surface area contributed by atoms with Crippen molar-refractivity contribution < 1.29 is 4.39 Å². The van der Waals surface area contributed by atoms with Crippen LogP contribution < -0.4 is 0 Å². The lowest BCUT2D eigenvalue weighted by atomic mass is 10.2. The first kappa shape index (κ1) is 8.59. The highest BCUT2D eigenvalue weighted by molar-refractivity contribution is 6.99. The highest BCUT2D eigenvalue weighted by atomic mass is 35.5. The molecule has 0 saturated carbocycles. The number of nitrogens with zero attached hydrogens (tertiary/aromatic N) is 2. The van der Waals surface area contributed by atoms with Crippen LogP contribution in [-0.2, 0) is 0 Å². The molecule has 1 heterocycles. The lowest BCUT2D eigenvalue weighted by Gasteiger charge is -1.95. The van der Waals surface area contributed by atoms with E-state index in [2.05, 4.69) is 8.75 Å². The lowest BCUT2D eigenvalue weighted by Crippen LogP contribution is -1.79. The molecule has 2 aromatic rings. The Labute approximate surface area is 83.3 Å². The summed E-state index contributed by atoms with van der Waals surface area (Å²) in [7, 11) is 0. The molecule has 66 valence electrons. The summed E-state index contributed by atoms with van der Waals surface area (Å²) in [4.78, 5) is 0. The Kier molecular flexibility index (Phi) is 2.24. The Balaban J connectivity index is 2.53. The Morgan fingerprint density at radius 2 is 2.15 bits per heavy atom. The summed E-state index contributed by atoms with van der Waals surface area (Å²) < 4.78 is 20.6. The fourth-order valence-corrected chi connectivity index (χ4v) is 1.75. The average Bonchev–Trinajstić information content (AvgIpc) is 2.51. The maximum Gasteiger partial charge on any atom is 0.170 e.